The van der Waals surface area contributed by atoms with Crippen LogP contribution < -0.4 is 14.8 Å². The number of ether oxygens (including phenoxy) is 2. The Morgan fingerprint density at radius 1 is 1.07 bits per heavy atom. The molecule has 0 saturated heterocycles. The molecule has 0 spiro atoms. The van der Waals surface area contributed by atoms with Crippen LogP contribution in [0.15, 0.2) is 65.3 Å². The Morgan fingerprint density at radius 2 is 1.96 bits per heavy atom. The second-order valence-electron chi connectivity index (χ2n) is 6.01. The van der Waals surface area contributed by atoms with Gasteiger partial charge < -0.3 is 19.2 Å². The quantitative estimate of drug-likeness (QED) is 0.569. The Kier molecular flexibility index (Phi) is 6.46. The molecule has 0 aliphatic heterocycles. The lowest BCUT2D eigenvalue weighted by atomic mass is 10.1. The summed E-state index contributed by atoms with van der Waals surface area (Å²) >= 11 is 0. The Labute approximate surface area is 163 Å². The van der Waals surface area contributed by atoms with Crippen LogP contribution in [0.4, 0.5) is 0 Å². The zero-order valence-corrected chi connectivity index (χ0v) is 15.5. The van der Waals surface area contributed by atoms with Gasteiger partial charge in [-0.1, -0.05) is 12.1 Å². The molecule has 0 radical (unpaired) electrons. The van der Waals surface area contributed by atoms with Gasteiger partial charge in [0.2, 0.25) is 0 Å². The number of hydrogen-bond acceptors (Lipinski definition) is 5. The van der Waals surface area contributed by atoms with Crippen LogP contribution in [-0.2, 0) is 13.2 Å². The number of benzene rings is 2. The van der Waals surface area contributed by atoms with Crippen LogP contribution in [0.2, 0.25) is 0 Å². The molecule has 28 heavy (non-hydrogen) atoms. The minimum atomic E-state index is -0.191. The number of furan rings is 1. The standard InChI is InChI=1S/C22H21NO5/c1-2-26-21-12-16(14-24)8-9-20(21)28-15-17-5-3-6-18(11-17)22(25)23-13-19-7-4-10-27-19/h3-12,14H,2,13,15H2,1H3,(H,23,25). The van der Waals surface area contributed by atoms with Gasteiger partial charge in [0.05, 0.1) is 19.4 Å². The molecule has 1 amide bonds. The van der Waals surface area contributed by atoms with Crippen molar-refractivity contribution in [3.63, 3.8) is 0 Å². The normalized spacial score (nSPS) is 10.3. The molecule has 1 N–H and O–H groups in total. The van der Waals surface area contributed by atoms with E-state index < -0.39 is 0 Å². The van der Waals surface area contributed by atoms with Crippen molar-refractivity contribution in [1.82, 2.24) is 5.32 Å². The molecule has 0 bridgehead atoms. The van der Waals surface area contributed by atoms with Gasteiger partial charge in [-0.25, -0.2) is 0 Å². The van der Waals surface area contributed by atoms with Crippen LogP contribution in [0, 0.1) is 0 Å². The SMILES string of the molecule is CCOc1cc(C=O)ccc1OCc1cccc(C(=O)NCc2ccco2)c1. The topological polar surface area (TPSA) is 77.8 Å². The second-order valence-corrected chi connectivity index (χ2v) is 6.01. The third kappa shape index (κ3) is 5.01. The van der Waals surface area contributed by atoms with E-state index in [1.165, 1.54) is 0 Å². The molecule has 3 rings (SSSR count). The highest BCUT2D eigenvalue weighted by Gasteiger charge is 2.09. The summed E-state index contributed by atoms with van der Waals surface area (Å²) in [7, 11) is 0. The molecule has 0 aliphatic rings. The molecule has 0 fully saturated rings. The number of carbonyl (C=O) groups excluding carboxylic acids is 2. The van der Waals surface area contributed by atoms with Crippen molar-refractivity contribution in [3.05, 3.63) is 83.3 Å². The first kappa shape index (κ1) is 19.2. The van der Waals surface area contributed by atoms with Crippen molar-refractivity contribution in [2.75, 3.05) is 6.61 Å². The van der Waals surface area contributed by atoms with Gasteiger partial charge in [0.15, 0.2) is 11.5 Å². The number of hydrogen-bond donors (Lipinski definition) is 1. The first-order chi connectivity index (χ1) is 13.7. The van der Waals surface area contributed by atoms with Gasteiger partial charge in [-0.3, -0.25) is 9.59 Å². The van der Waals surface area contributed by atoms with E-state index in [1.807, 2.05) is 13.0 Å². The fraction of sp³-hybridized carbons (Fsp3) is 0.182. The van der Waals surface area contributed by atoms with Gasteiger partial charge in [0, 0.05) is 11.1 Å². The van der Waals surface area contributed by atoms with Gasteiger partial charge in [-0.05, 0) is 55.0 Å². The molecular formula is C22H21NO5. The van der Waals surface area contributed by atoms with Crippen molar-refractivity contribution in [3.8, 4) is 11.5 Å². The summed E-state index contributed by atoms with van der Waals surface area (Å²) in [5.74, 6) is 1.55. The molecule has 6 heteroatoms. The average Bonchev–Trinajstić information content (AvgIpc) is 3.25. The molecule has 1 heterocycles. The lowest BCUT2D eigenvalue weighted by molar-refractivity contribution is 0.0947. The fourth-order valence-corrected chi connectivity index (χ4v) is 2.63. The summed E-state index contributed by atoms with van der Waals surface area (Å²) in [6.07, 6.45) is 2.33. The van der Waals surface area contributed by atoms with Gasteiger partial charge in [-0.15, -0.1) is 0 Å². The largest absolute Gasteiger partial charge is 0.490 e. The van der Waals surface area contributed by atoms with Gasteiger partial charge in [0.1, 0.15) is 18.7 Å². The molecule has 0 aliphatic carbocycles. The Balaban J connectivity index is 1.64. The van der Waals surface area contributed by atoms with Crippen molar-refractivity contribution < 1.29 is 23.5 Å². The van der Waals surface area contributed by atoms with Gasteiger partial charge >= 0.3 is 0 Å². The van der Waals surface area contributed by atoms with Crippen LogP contribution in [0.25, 0.3) is 0 Å². The Bertz CT molecular complexity index is 934. The van der Waals surface area contributed by atoms with E-state index in [2.05, 4.69) is 5.32 Å². The lowest BCUT2D eigenvalue weighted by Gasteiger charge is -2.13. The van der Waals surface area contributed by atoms with Gasteiger partial charge in [0.25, 0.3) is 5.91 Å². The zero-order valence-electron chi connectivity index (χ0n) is 15.5. The van der Waals surface area contributed by atoms with E-state index in [9.17, 15) is 9.59 Å². The fourth-order valence-electron chi connectivity index (χ4n) is 2.63. The maximum atomic E-state index is 12.3. The Morgan fingerprint density at radius 3 is 2.71 bits per heavy atom. The molecule has 0 atom stereocenters. The highest BCUT2D eigenvalue weighted by molar-refractivity contribution is 5.94. The van der Waals surface area contributed by atoms with E-state index in [1.54, 1.807) is 54.8 Å². The Hall–Kier alpha value is -3.54. The molecule has 6 nitrogen and oxygen atoms in total. The monoisotopic (exact) mass is 379 g/mol. The minimum absolute atomic E-state index is 0.191. The summed E-state index contributed by atoms with van der Waals surface area (Å²) in [5.41, 5.74) is 1.90. The zero-order chi connectivity index (χ0) is 19.8. The van der Waals surface area contributed by atoms with Crippen molar-refractivity contribution in [1.29, 1.82) is 0 Å². The number of carbonyl (C=O) groups is 2. The lowest BCUT2D eigenvalue weighted by Crippen LogP contribution is -2.22. The van der Waals surface area contributed by atoms with Gasteiger partial charge in [-0.2, -0.15) is 0 Å². The molecule has 3 aromatic rings. The maximum absolute atomic E-state index is 12.3. The van der Waals surface area contributed by atoms with Crippen molar-refractivity contribution in [2.45, 2.75) is 20.1 Å². The number of amides is 1. The predicted octanol–water partition coefficient (Wildman–Crippen LogP) is 4.00. The summed E-state index contributed by atoms with van der Waals surface area (Å²) in [6, 6.07) is 15.8. The highest BCUT2D eigenvalue weighted by Crippen LogP contribution is 2.29. The first-order valence-electron chi connectivity index (χ1n) is 8.94. The summed E-state index contributed by atoms with van der Waals surface area (Å²) in [4.78, 5) is 23.3. The molecule has 0 unspecified atom stereocenters. The molecule has 1 aromatic heterocycles. The number of aldehydes is 1. The second kappa shape index (κ2) is 9.41. The van der Waals surface area contributed by atoms with E-state index in [0.717, 1.165) is 11.8 Å². The van der Waals surface area contributed by atoms with E-state index in [0.29, 0.717) is 41.5 Å². The molecule has 144 valence electrons. The number of rotatable bonds is 9. The maximum Gasteiger partial charge on any atom is 0.251 e. The average molecular weight is 379 g/mol. The molecule has 0 saturated carbocycles. The summed E-state index contributed by atoms with van der Waals surface area (Å²) in [5, 5.41) is 2.81. The van der Waals surface area contributed by atoms with Crippen LogP contribution in [-0.4, -0.2) is 18.8 Å². The van der Waals surface area contributed by atoms with Crippen molar-refractivity contribution >= 4 is 12.2 Å². The van der Waals surface area contributed by atoms with Crippen LogP contribution in [0.5, 0.6) is 11.5 Å². The number of nitrogens with one attached hydrogen (secondary N) is 1. The first-order valence-corrected chi connectivity index (χ1v) is 8.94. The van der Waals surface area contributed by atoms with Crippen LogP contribution in [0.3, 0.4) is 0 Å². The van der Waals surface area contributed by atoms with Crippen LogP contribution in [0.1, 0.15) is 39.0 Å². The highest BCUT2D eigenvalue weighted by atomic mass is 16.5. The predicted molar refractivity (Wildman–Crippen MR) is 104 cm³/mol. The minimum Gasteiger partial charge on any atom is -0.490 e. The van der Waals surface area contributed by atoms with E-state index in [-0.39, 0.29) is 12.5 Å². The van der Waals surface area contributed by atoms with E-state index >= 15 is 0 Å². The smallest absolute Gasteiger partial charge is 0.251 e. The summed E-state index contributed by atoms with van der Waals surface area (Å²) in [6.45, 7) is 2.92. The molecular weight excluding hydrogens is 358 g/mol. The van der Waals surface area contributed by atoms with Crippen molar-refractivity contribution in [2.24, 2.45) is 0 Å². The van der Waals surface area contributed by atoms with Crippen LogP contribution >= 0.6 is 0 Å². The van der Waals surface area contributed by atoms with E-state index in [4.69, 9.17) is 13.9 Å². The summed E-state index contributed by atoms with van der Waals surface area (Å²) < 4.78 is 16.6. The third-order valence-corrected chi connectivity index (χ3v) is 3.99. The third-order valence-electron chi connectivity index (χ3n) is 3.99. The molecule has 2 aromatic carbocycles.